The Morgan fingerprint density at radius 3 is 2.38 bits per heavy atom. The predicted molar refractivity (Wildman–Crippen MR) is 34.8 cm³/mol. The van der Waals surface area contributed by atoms with Gasteiger partial charge in [0.25, 0.3) is 0 Å². The van der Waals surface area contributed by atoms with E-state index in [9.17, 15) is 0 Å². The zero-order valence-corrected chi connectivity index (χ0v) is 6.47. The third kappa shape index (κ3) is 2.29. The third-order valence-electron chi connectivity index (χ3n) is 0.907. The molecule has 2 atom stereocenters. The standard InChI is InChI=1S/C5H8BrNO/c1-4(8-2)5(6)3-7/h4-5H,1-2H3. The van der Waals surface area contributed by atoms with Crippen LogP contribution in [-0.4, -0.2) is 18.0 Å². The van der Waals surface area contributed by atoms with Crippen LogP contribution in [0, 0.1) is 11.3 Å². The first-order valence-electron chi connectivity index (χ1n) is 2.29. The van der Waals surface area contributed by atoms with Crippen molar-refractivity contribution in [2.45, 2.75) is 17.9 Å². The maximum Gasteiger partial charge on any atom is 0.127 e. The van der Waals surface area contributed by atoms with Crippen molar-refractivity contribution in [3.8, 4) is 6.07 Å². The highest BCUT2D eigenvalue weighted by atomic mass is 79.9. The van der Waals surface area contributed by atoms with Gasteiger partial charge in [-0.2, -0.15) is 5.26 Å². The number of rotatable bonds is 2. The van der Waals surface area contributed by atoms with Crippen molar-refractivity contribution in [2.75, 3.05) is 7.11 Å². The van der Waals surface area contributed by atoms with Gasteiger partial charge < -0.3 is 4.74 Å². The van der Waals surface area contributed by atoms with Crippen molar-refractivity contribution >= 4 is 15.9 Å². The van der Waals surface area contributed by atoms with Crippen molar-refractivity contribution in [1.82, 2.24) is 0 Å². The summed E-state index contributed by atoms with van der Waals surface area (Å²) in [6.45, 7) is 1.84. The lowest BCUT2D eigenvalue weighted by Gasteiger charge is -2.07. The lowest BCUT2D eigenvalue weighted by atomic mass is 10.3. The van der Waals surface area contributed by atoms with Gasteiger partial charge in [-0.3, -0.25) is 0 Å². The first-order chi connectivity index (χ1) is 3.72. The molecular weight excluding hydrogens is 170 g/mol. The molecule has 0 fully saturated rings. The van der Waals surface area contributed by atoms with Gasteiger partial charge in [-0.05, 0) is 6.92 Å². The first-order valence-corrected chi connectivity index (χ1v) is 3.20. The largest absolute Gasteiger partial charge is 0.379 e. The number of hydrogen-bond donors (Lipinski definition) is 0. The second-order valence-corrected chi connectivity index (χ2v) is 2.46. The summed E-state index contributed by atoms with van der Waals surface area (Å²) in [7, 11) is 1.58. The Bertz CT molecular complexity index is 99.1. The number of ether oxygens (including phenoxy) is 1. The maximum absolute atomic E-state index is 8.26. The van der Waals surface area contributed by atoms with E-state index in [1.807, 2.05) is 13.0 Å². The molecule has 0 aliphatic carbocycles. The molecule has 0 aliphatic heterocycles. The predicted octanol–water partition coefficient (Wildman–Crippen LogP) is 1.31. The van der Waals surface area contributed by atoms with Gasteiger partial charge in [0.05, 0.1) is 12.2 Å². The smallest absolute Gasteiger partial charge is 0.127 e. The Balaban J connectivity index is 3.49. The van der Waals surface area contributed by atoms with E-state index in [4.69, 9.17) is 10.00 Å². The van der Waals surface area contributed by atoms with Crippen LogP contribution in [0.25, 0.3) is 0 Å². The molecule has 0 amide bonds. The van der Waals surface area contributed by atoms with E-state index in [2.05, 4.69) is 15.9 Å². The summed E-state index contributed by atoms with van der Waals surface area (Å²) in [6, 6.07) is 2.01. The average molecular weight is 178 g/mol. The van der Waals surface area contributed by atoms with Gasteiger partial charge in [0.1, 0.15) is 4.83 Å². The molecule has 46 valence electrons. The summed E-state index contributed by atoms with van der Waals surface area (Å²) in [4.78, 5) is -0.188. The number of nitrogens with zero attached hydrogens (tertiary/aromatic N) is 1. The highest BCUT2D eigenvalue weighted by Crippen LogP contribution is 2.05. The van der Waals surface area contributed by atoms with Crippen molar-refractivity contribution in [1.29, 1.82) is 5.26 Å². The van der Waals surface area contributed by atoms with Gasteiger partial charge in [-0.1, -0.05) is 15.9 Å². The van der Waals surface area contributed by atoms with E-state index in [0.717, 1.165) is 0 Å². The van der Waals surface area contributed by atoms with Crippen LogP contribution < -0.4 is 0 Å². The van der Waals surface area contributed by atoms with E-state index in [1.165, 1.54) is 0 Å². The molecule has 0 radical (unpaired) electrons. The molecule has 0 spiro atoms. The number of nitriles is 1. The molecule has 3 heteroatoms. The molecule has 0 aromatic carbocycles. The minimum atomic E-state index is -0.188. The Morgan fingerprint density at radius 1 is 1.75 bits per heavy atom. The molecule has 0 saturated carbocycles. The Morgan fingerprint density at radius 2 is 2.25 bits per heavy atom. The van der Waals surface area contributed by atoms with Crippen LogP contribution in [0.3, 0.4) is 0 Å². The zero-order chi connectivity index (χ0) is 6.57. The quantitative estimate of drug-likeness (QED) is 0.597. The van der Waals surface area contributed by atoms with Gasteiger partial charge in [-0.15, -0.1) is 0 Å². The summed E-state index contributed by atoms with van der Waals surface area (Å²) < 4.78 is 4.83. The van der Waals surface area contributed by atoms with Crippen LogP contribution in [-0.2, 0) is 4.74 Å². The van der Waals surface area contributed by atoms with E-state index >= 15 is 0 Å². The second-order valence-electron chi connectivity index (χ2n) is 1.47. The molecule has 0 heterocycles. The van der Waals surface area contributed by atoms with Gasteiger partial charge in [0, 0.05) is 7.11 Å². The maximum atomic E-state index is 8.26. The molecule has 0 aromatic rings. The van der Waals surface area contributed by atoms with Crippen LogP contribution in [0.5, 0.6) is 0 Å². The Labute approximate surface area is 57.6 Å². The SMILES string of the molecule is COC(C)C(Br)C#N. The van der Waals surface area contributed by atoms with Crippen LogP contribution >= 0.6 is 15.9 Å². The highest BCUT2D eigenvalue weighted by Gasteiger charge is 2.09. The average Bonchev–Trinajstić information content (AvgIpc) is 1.84. The van der Waals surface area contributed by atoms with Gasteiger partial charge in [-0.25, -0.2) is 0 Å². The number of alkyl halides is 1. The monoisotopic (exact) mass is 177 g/mol. The van der Waals surface area contributed by atoms with Crippen LogP contribution in [0.4, 0.5) is 0 Å². The fraction of sp³-hybridized carbons (Fsp3) is 0.800. The lowest BCUT2D eigenvalue weighted by Crippen LogP contribution is -2.16. The minimum Gasteiger partial charge on any atom is -0.379 e. The second kappa shape index (κ2) is 3.88. The number of halogens is 1. The Hall–Kier alpha value is -0.0700. The molecule has 0 N–H and O–H groups in total. The summed E-state index contributed by atoms with van der Waals surface area (Å²) in [5, 5.41) is 8.26. The van der Waals surface area contributed by atoms with Crippen LogP contribution in [0.2, 0.25) is 0 Å². The fourth-order valence-electron chi connectivity index (χ4n) is 0.224. The number of hydrogen-bond acceptors (Lipinski definition) is 2. The lowest BCUT2D eigenvalue weighted by molar-refractivity contribution is 0.127. The summed E-state index contributed by atoms with van der Waals surface area (Å²) in [5.41, 5.74) is 0. The van der Waals surface area contributed by atoms with E-state index in [-0.39, 0.29) is 10.9 Å². The van der Waals surface area contributed by atoms with Crippen molar-refractivity contribution in [2.24, 2.45) is 0 Å². The van der Waals surface area contributed by atoms with E-state index in [0.29, 0.717) is 0 Å². The zero-order valence-electron chi connectivity index (χ0n) is 4.89. The first kappa shape index (κ1) is 7.93. The molecule has 0 bridgehead atoms. The van der Waals surface area contributed by atoms with E-state index < -0.39 is 0 Å². The normalized spacial score (nSPS) is 16.8. The summed E-state index contributed by atoms with van der Waals surface area (Å²) >= 11 is 3.12. The molecule has 2 nitrogen and oxygen atoms in total. The topological polar surface area (TPSA) is 33.0 Å². The van der Waals surface area contributed by atoms with Crippen LogP contribution in [0.15, 0.2) is 0 Å². The molecular formula is C5H8BrNO. The van der Waals surface area contributed by atoms with Crippen molar-refractivity contribution in [3.63, 3.8) is 0 Å². The van der Waals surface area contributed by atoms with Crippen molar-refractivity contribution in [3.05, 3.63) is 0 Å². The van der Waals surface area contributed by atoms with Gasteiger partial charge in [0.2, 0.25) is 0 Å². The molecule has 0 aliphatic rings. The van der Waals surface area contributed by atoms with Crippen LogP contribution in [0.1, 0.15) is 6.92 Å². The number of methoxy groups -OCH3 is 1. The molecule has 0 aromatic heterocycles. The summed E-state index contributed by atoms with van der Waals surface area (Å²) in [6.07, 6.45) is -0.0278. The van der Waals surface area contributed by atoms with Gasteiger partial charge >= 0.3 is 0 Å². The third-order valence-corrected chi connectivity index (χ3v) is 1.86. The highest BCUT2D eigenvalue weighted by molar-refractivity contribution is 9.09. The Kier molecular flexibility index (Phi) is 3.84. The molecule has 0 saturated heterocycles. The summed E-state index contributed by atoms with van der Waals surface area (Å²) in [5.74, 6) is 0. The molecule has 0 rings (SSSR count). The fourth-order valence-corrected chi connectivity index (χ4v) is 0.440. The minimum absolute atomic E-state index is 0.0278. The van der Waals surface area contributed by atoms with Gasteiger partial charge in [0.15, 0.2) is 0 Å². The molecule has 2 unspecified atom stereocenters. The molecule has 8 heavy (non-hydrogen) atoms. The van der Waals surface area contributed by atoms with E-state index in [1.54, 1.807) is 7.11 Å². The van der Waals surface area contributed by atoms with Crippen molar-refractivity contribution < 1.29 is 4.74 Å².